The molecule has 8 heteroatoms. The molecule has 1 fully saturated rings. The molecular weight excluding hydrogens is 496 g/mol. The summed E-state index contributed by atoms with van der Waals surface area (Å²) in [5.41, 5.74) is 4.09. The normalized spacial score (nSPS) is 18.3. The highest BCUT2D eigenvalue weighted by molar-refractivity contribution is 7.20. The molecule has 0 radical (unpaired) electrons. The summed E-state index contributed by atoms with van der Waals surface area (Å²) in [5, 5.41) is 5.58. The fraction of sp³-hybridized carbons (Fsp3) is 0.300. The Morgan fingerprint density at radius 1 is 1.24 bits per heavy atom. The largest absolute Gasteiger partial charge is 0.495 e. The molecule has 2 aliphatic rings. The minimum absolute atomic E-state index is 0.130. The molecule has 0 saturated carbocycles. The second-order valence-corrected chi connectivity index (χ2v) is 10.9. The molecule has 0 aliphatic carbocycles. The maximum absolute atomic E-state index is 13.0. The number of benzene rings is 2. The number of thiophene rings is 1. The Balaban J connectivity index is 1.17. The molecule has 38 heavy (non-hydrogen) atoms. The van der Waals surface area contributed by atoms with Crippen molar-refractivity contribution in [1.82, 2.24) is 14.5 Å². The van der Waals surface area contributed by atoms with Crippen molar-refractivity contribution in [2.24, 2.45) is 5.16 Å². The highest BCUT2D eigenvalue weighted by Gasteiger charge is 2.32. The predicted octanol–water partition coefficient (Wildman–Crippen LogP) is 6.26. The van der Waals surface area contributed by atoms with Crippen LogP contribution in [0.1, 0.15) is 46.6 Å². The first-order chi connectivity index (χ1) is 18.6. The van der Waals surface area contributed by atoms with Crippen molar-refractivity contribution in [3.8, 4) is 11.4 Å². The maximum atomic E-state index is 13.0. The van der Waals surface area contributed by atoms with Gasteiger partial charge >= 0.3 is 0 Å². The zero-order chi connectivity index (χ0) is 26.1. The lowest BCUT2D eigenvalue weighted by Crippen LogP contribution is -2.49. The van der Waals surface area contributed by atoms with Gasteiger partial charge in [0.2, 0.25) is 0 Å². The van der Waals surface area contributed by atoms with Crippen molar-refractivity contribution in [2.45, 2.75) is 38.6 Å². The van der Waals surface area contributed by atoms with Gasteiger partial charge in [0.15, 0.2) is 11.6 Å². The number of nitrogens with zero attached hydrogens (tertiary/aromatic N) is 4. The molecule has 1 saturated heterocycles. The SMILES string of the molecule is COc1cc(/C=C2\CCCN3C2=NOC[C@@H]3CCC(=O)c2cc3ccccc3s2)ccc1-n1cnc(C)c1. The van der Waals surface area contributed by atoms with E-state index in [1.165, 1.54) is 0 Å². The number of ketones is 1. The number of aromatic nitrogens is 2. The molecule has 0 spiro atoms. The van der Waals surface area contributed by atoms with E-state index in [2.05, 4.69) is 45.4 Å². The van der Waals surface area contributed by atoms with Gasteiger partial charge in [-0.3, -0.25) is 4.79 Å². The van der Waals surface area contributed by atoms with Crippen molar-refractivity contribution < 1.29 is 14.4 Å². The Labute approximate surface area is 226 Å². The smallest absolute Gasteiger partial charge is 0.172 e. The second kappa shape index (κ2) is 10.5. The summed E-state index contributed by atoms with van der Waals surface area (Å²) in [6, 6.07) is 16.5. The number of carbonyl (C=O) groups excluding carboxylic acids is 1. The first-order valence-corrected chi connectivity index (χ1v) is 13.8. The predicted molar refractivity (Wildman–Crippen MR) is 151 cm³/mol. The third kappa shape index (κ3) is 4.84. The van der Waals surface area contributed by atoms with Crippen LogP contribution in [0.5, 0.6) is 5.75 Å². The molecule has 2 aliphatic heterocycles. The molecule has 6 rings (SSSR count). The van der Waals surface area contributed by atoms with Crippen LogP contribution in [-0.2, 0) is 4.84 Å². The summed E-state index contributed by atoms with van der Waals surface area (Å²) in [7, 11) is 1.69. The van der Waals surface area contributed by atoms with Gasteiger partial charge in [0.25, 0.3) is 0 Å². The number of carbonyl (C=O) groups is 1. The van der Waals surface area contributed by atoms with Crippen molar-refractivity contribution in [2.75, 3.05) is 20.3 Å². The minimum Gasteiger partial charge on any atom is -0.495 e. The topological polar surface area (TPSA) is 69.0 Å². The van der Waals surface area contributed by atoms with Crippen molar-refractivity contribution in [3.63, 3.8) is 0 Å². The summed E-state index contributed by atoms with van der Waals surface area (Å²) >= 11 is 1.58. The molecular formula is C30H30N4O3S. The zero-order valence-corrected chi connectivity index (χ0v) is 22.4. The first-order valence-electron chi connectivity index (χ1n) is 13.0. The number of aryl methyl sites for hydroxylation is 1. The van der Waals surface area contributed by atoms with E-state index in [4.69, 9.17) is 9.57 Å². The van der Waals surface area contributed by atoms with E-state index >= 15 is 0 Å². The number of hydrogen-bond donors (Lipinski definition) is 0. The van der Waals surface area contributed by atoms with Crippen LogP contribution in [0.15, 0.2) is 71.8 Å². The van der Waals surface area contributed by atoms with Crippen LogP contribution < -0.4 is 4.74 Å². The Morgan fingerprint density at radius 2 is 2.13 bits per heavy atom. The van der Waals surface area contributed by atoms with Crippen LogP contribution in [0, 0.1) is 6.92 Å². The van der Waals surface area contributed by atoms with Gasteiger partial charge in [0.1, 0.15) is 12.4 Å². The summed E-state index contributed by atoms with van der Waals surface area (Å²) in [5.74, 6) is 1.86. The maximum Gasteiger partial charge on any atom is 0.172 e. The Morgan fingerprint density at radius 3 is 2.95 bits per heavy atom. The number of rotatable bonds is 7. The third-order valence-electron chi connectivity index (χ3n) is 7.20. The molecule has 2 aromatic carbocycles. The fourth-order valence-electron chi connectivity index (χ4n) is 5.25. The first kappa shape index (κ1) is 24.4. The van der Waals surface area contributed by atoms with Gasteiger partial charge < -0.3 is 19.0 Å². The van der Waals surface area contributed by atoms with Crippen LogP contribution in [0.25, 0.3) is 21.8 Å². The molecule has 0 unspecified atom stereocenters. The van der Waals surface area contributed by atoms with E-state index in [1.54, 1.807) is 24.8 Å². The number of oxime groups is 1. The minimum atomic E-state index is 0.130. The number of Topliss-reactive ketones (excluding diaryl/α,β-unsaturated/α-hetero) is 1. The summed E-state index contributed by atoms with van der Waals surface area (Å²) < 4.78 is 8.82. The van der Waals surface area contributed by atoms with Crippen LogP contribution in [0.2, 0.25) is 0 Å². The molecule has 0 N–H and O–H groups in total. The van der Waals surface area contributed by atoms with Crippen LogP contribution in [-0.4, -0.2) is 52.4 Å². The Bertz CT molecular complexity index is 1520. The van der Waals surface area contributed by atoms with Crippen molar-refractivity contribution >= 4 is 39.1 Å². The van der Waals surface area contributed by atoms with E-state index in [-0.39, 0.29) is 11.8 Å². The van der Waals surface area contributed by atoms with Gasteiger partial charge in [-0.15, -0.1) is 11.3 Å². The quantitative estimate of drug-likeness (QED) is 0.266. The fourth-order valence-corrected chi connectivity index (χ4v) is 6.28. The van der Waals surface area contributed by atoms with Gasteiger partial charge in [-0.1, -0.05) is 29.4 Å². The molecule has 4 heterocycles. The van der Waals surface area contributed by atoms with Gasteiger partial charge in [-0.05, 0) is 73.1 Å². The molecule has 0 bridgehead atoms. The van der Waals surface area contributed by atoms with Crippen molar-refractivity contribution in [1.29, 1.82) is 0 Å². The summed E-state index contributed by atoms with van der Waals surface area (Å²) in [4.78, 5) is 26.2. The van der Waals surface area contributed by atoms with Gasteiger partial charge in [0.05, 0.1) is 35.7 Å². The van der Waals surface area contributed by atoms with E-state index in [0.717, 1.165) is 74.9 Å². The second-order valence-electron chi connectivity index (χ2n) is 9.79. The Kier molecular flexibility index (Phi) is 6.72. The van der Waals surface area contributed by atoms with Crippen LogP contribution >= 0.6 is 11.3 Å². The number of hydrogen-bond acceptors (Lipinski definition) is 7. The summed E-state index contributed by atoms with van der Waals surface area (Å²) in [6.07, 6.45) is 9.15. The lowest BCUT2D eigenvalue weighted by Gasteiger charge is -2.40. The number of amidine groups is 1. The van der Waals surface area contributed by atoms with Crippen LogP contribution in [0.3, 0.4) is 0 Å². The molecule has 1 atom stereocenters. The van der Waals surface area contributed by atoms with E-state index < -0.39 is 0 Å². The van der Waals surface area contributed by atoms with Gasteiger partial charge in [-0.2, -0.15) is 0 Å². The standard InChI is InChI=1S/C30H30N4O3S/c1-20-17-33(19-31-20)25-11-9-21(15-27(25)36-2)14-23-7-5-13-34-24(18-37-32-30(23)34)10-12-26(35)29-16-22-6-3-4-8-28(22)38-29/h3-4,6,8-9,11,14-17,19,24H,5,7,10,12-13,18H2,1-2H3/b23-14+/t24-/m0/s1. The third-order valence-corrected chi connectivity index (χ3v) is 8.36. The average molecular weight is 527 g/mol. The molecule has 4 aromatic rings. The van der Waals surface area contributed by atoms with E-state index in [0.29, 0.717) is 13.0 Å². The zero-order valence-electron chi connectivity index (χ0n) is 21.6. The van der Waals surface area contributed by atoms with E-state index in [1.807, 2.05) is 42.0 Å². The number of piperidine rings is 1. The lowest BCUT2D eigenvalue weighted by atomic mass is 9.96. The number of ether oxygens (including phenoxy) is 1. The number of methoxy groups -OCH3 is 1. The molecule has 0 amide bonds. The highest BCUT2D eigenvalue weighted by atomic mass is 32.1. The van der Waals surface area contributed by atoms with E-state index in [9.17, 15) is 4.79 Å². The monoisotopic (exact) mass is 526 g/mol. The molecule has 7 nitrogen and oxygen atoms in total. The number of fused-ring (bicyclic) bond motifs is 2. The van der Waals surface area contributed by atoms with Crippen molar-refractivity contribution in [3.05, 3.63) is 82.8 Å². The van der Waals surface area contributed by atoms with Gasteiger partial charge in [0, 0.05) is 23.9 Å². The highest BCUT2D eigenvalue weighted by Crippen LogP contribution is 2.31. The van der Waals surface area contributed by atoms with Crippen LogP contribution in [0.4, 0.5) is 0 Å². The van der Waals surface area contributed by atoms with Gasteiger partial charge in [-0.25, -0.2) is 4.98 Å². The molecule has 194 valence electrons. The Hall–Kier alpha value is -3.91. The summed E-state index contributed by atoms with van der Waals surface area (Å²) in [6.45, 7) is 3.39. The molecule has 2 aromatic heterocycles. The number of imidazole rings is 1. The average Bonchev–Trinajstić information content (AvgIpc) is 3.58. The lowest BCUT2D eigenvalue weighted by molar-refractivity contribution is 0.0528.